The first-order valence-corrected chi connectivity index (χ1v) is 7.83. The molecular weight excluding hydrogens is 300 g/mol. The first-order valence-electron chi connectivity index (χ1n) is 7.83. The monoisotopic (exact) mass is 326 g/mol. The maximum atomic E-state index is 12.9. The van der Waals surface area contributed by atoms with Gasteiger partial charge in [0, 0.05) is 18.2 Å². The Hall–Kier alpha value is -1.26. The van der Waals surface area contributed by atoms with Crippen LogP contribution in [0.15, 0.2) is 18.2 Å². The van der Waals surface area contributed by atoms with Gasteiger partial charge in [0.2, 0.25) is 0 Å². The van der Waals surface area contributed by atoms with Crippen molar-refractivity contribution in [3.8, 4) is 5.75 Å². The Labute approximate surface area is 139 Å². The second kappa shape index (κ2) is 9.01. The lowest BCUT2D eigenvalue weighted by Gasteiger charge is -2.34. The van der Waals surface area contributed by atoms with Gasteiger partial charge in [-0.25, -0.2) is 0 Å². The molecule has 5 heteroatoms. The second-order valence-electron chi connectivity index (χ2n) is 5.66. The molecule has 0 bridgehead atoms. The second-order valence-corrected chi connectivity index (χ2v) is 5.66. The highest BCUT2D eigenvalue weighted by Crippen LogP contribution is 2.22. The lowest BCUT2D eigenvalue weighted by molar-refractivity contribution is 0.0642. The predicted molar refractivity (Wildman–Crippen MR) is 92.2 cm³/mol. The third-order valence-corrected chi connectivity index (χ3v) is 4.13. The van der Waals surface area contributed by atoms with E-state index in [4.69, 9.17) is 4.74 Å². The minimum Gasteiger partial charge on any atom is -0.496 e. The van der Waals surface area contributed by atoms with Crippen LogP contribution in [0.1, 0.15) is 42.1 Å². The number of piperidine rings is 1. The molecule has 0 spiro atoms. The Bertz CT molecular complexity index is 488. The molecule has 1 aliphatic rings. The number of nitrogens with one attached hydrogen (secondary N) is 1. The van der Waals surface area contributed by atoms with Gasteiger partial charge in [0.05, 0.1) is 7.11 Å². The van der Waals surface area contributed by atoms with Crippen LogP contribution in [0.2, 0.25) is 0 Å². The molecule has 1 aromatic carbocycles. The van der Waals surface area contributed by atoms with E-state index in [1.54, 1.807) is 7.11 Å². The third-order valence-electron chi connectivity index (χ3n) is 4.13. The van der Waals surface area contributed by atoms with Crippen molar-refractivity contribution >= 4 is 18.3 Å². The first-order chi connectivity index (χ1) is 10.2. The molecule has 1 fully saturated rings. The van der Waals surface area contributed by atoms with E-state index >= 15 is 0 Å². The molecule has 1 aromatic rings. The summed E-state index contributed by atoms with van der Waals surface area (Å²) >= 11 is 0. The van der Waals surface area contributed by atoms with Crippen molar-refractivity contribution < 1.29 is 9.53 Å². The quantitative estimate of drug-likeness (QED) is 0.904. The fourth-order valence-corrected chi connectivity index (χ4v) is 2.93. The number of aryl methyl sites for hydroxylation is 1. The summed E-state index contributed by atoms with van der Waals surface area (Å²) in [6, 6.07) is 6.08. The molecule has 22 heavy (non-hydrogen) atoms. The van der Waals surface area contributed by atoms with E-state index in [0.29, 0.717) is 6.04 Å². The number of methoxy groups -OCH3 is 1. The van der Waals surface area contributed by atoms with Crippen LogP contribution < -0.4 is 10.1 Å². The summed E-state index contributed by atoms with van der Waals surface area (Å²) in [5.41, 5.74) is 1.78. The highest BCUT2D eigenvalue weighted by atomic mass is 35.5. The van der Waals surface area contributed by atoms with Gasteiger partial charge < -0.3 is 15.0 Å². The van der Waals surface area contributed by atoms with E-state index in [0.717, 1.165) is 55.8 Å². The van der Waals surface area contributed by atoms with E-state index in [1.807, 2.05) is 30.0 Å². The Kier molecular flexibility index (Phi) is 7.69. The van der Waals surface area contributed by atoms with E-state index in [1.165, 1.54) is 0 Å². The maximum Gasteiger partial charge on any atom is 0.254 e. The SMILES string of the molecule is CCCN(C(=O)c1ccc(C)c(OC)c1)C1CCNCC1.Cl. The van der Waals surface area contributed by atoms with E-state index in [-0.39, 0.29) is 18.3 Å². The number of benzene rings is 1. The van der Waals surface area contributed by atoms with Crippen molar-refractivity contribution in [3.63, 3.8) is 0 Å². The molecule has 0 saturated carbocycles. The number of hydrogen-bond donors (Lipinski definition) is 1. The normalized spacial score (nSPS) is 15.0. The number of hydrogen-bond acceptors (Lipinski definition) is 3. The molecule has 0 unspecified atom stereocenters. The van der Waals surface area contributed by atoms with E-state index in [2.05, 4.69) is 12.2 Å². The van der Waals surface area contributed by atoms with Gasteiger partial charge in [0.15, 0.2) is 0 Å². The number of halogens is 1. The summed E-state index contributed by atoms with van der Waals surface area (Å²) in [5, 5.41) is 3.36. The van der Waals surface area contributed by atoms with Crippen LogP contribution in [0.4, 0.5) is 0 Å². The van der Waals surface area contributed by atoms with Crippen LogP contribution in [-0.2, 0) is 0 Å². The number of carbonyl (C=O) groups is 1. The highest BCUT2D eigenvalue weighted by Gasteiger charge is 2.25. The van der Waals surface area contributed by atoms with Crippen molar-refractivity contribution in [1.82, 2.24) is 10.2 Å². The Morgan fingerprint density at radius 3 is 2.64 bits per heavy atom. The molecule has 0 aromatic heterocycles. The molecule has 1 amide bonds. The number of amides is 1. The zero-order chi connectivity index (χ0) is 15.2. The first kappa shape index (κ1) is 18.8. The largest absolute Gasteiger partial charge is 0.496 e. The summed E-state index contributed by atoms with van der Waals surface area (Å²) in [5.74, 6) is 0.907. The van der Waals surface area contributed by atoms with Gasteiger partial charge in [-0.2, -0.15) is 0 Å². The fourth-order valence-electron chi connectivity index (χ4n) is 2.93. The standard InChI is InChI=1S/C17H26N2O2.ClH/c1-4-11-19(15-7-9-18-10-8-15)17(20)14-6-5-13(2)16(12-14)21-3;/h5-6,12,15,18H,4,7-11H2,1-3H3;1H. The number of nitrogens with zero attached hydrogens (tertiary/aromatic N) is 1. The highest BCUT2D eigenvalue weighted by molar-refractivity contribution is 5.95. The number of rotatable bonds is 5. The molecule has 4 nitrogen and oxygen atoms in total. The van der Waals surface area contributed by atoms with E-state index < -0.39 is 0 Å². The van der Waals surface area contributed by atoms with Crippen molar-refractivity contribution in [3.05, 3.63) is 29.3 Å². The number of ether oxygens (including phenoxy) is 1. The van der Waals surface area contributed by atoms with Crippen LogP contribution in [0.3, 0.4) is 0 Å². The fraction of sp³-hybridized carbons (Fsp3) is 0.588. The minimum absolute atomic E-state index is 0. The lowest BCUT2D eigenvalue weighted by atomic mass is 10.0. The summed E-state index contributed by atoms with van der Waals surface area (Å²) in [7, 11) is 1.65. The molecule has 1 heterocycles. The van der Waals surface area contributed by atoms with E-state index in [9.17, 15) is 4.79 Å². The summed E-state index contributed by atoms with van der Waals surface area (Å²) in [4.78, 5) is 14.9. The Morgan fingerprint density at radius 1 is 1.36 bits per heavy atom. The zero-order valence-corrected chi connectivity index (χ0v) is 14.5. The molecule has 0 atom stereocenters. The van der Waals surface area contributed by atoms with Gasteiger partial charge in [-0.15, -0.1) is 12.4 Å². The average Bonchev–Trinajstić information content (AvgIpc) is 2.53. The van der Waals surface area contributed by atoms with Crippen LogP contribution in [0.25, 0.3) is 0 Å². The molecular formula is C17H27ClN2O2. The molecule has 1 saturated heterocycles. The molecule has 2 rings (SSSR count). The van der Waals surface area contributed by atoms with Crippen molar-refractivity contribution in [1.29, 1.82) is 0 Å². The topological polar surface area (TPSA) is 41.6 Å². The van der Waals surface area contributed by atoms with Crippen LogP contribution in [0.5, 0.6) is 5.75 Å². The predicted octanol–water partition coefficient (Wildman–Crippen LogP) is 3.03. The Morgan fingerprint density at radius 2 is 2.05 bits per heavy atom. The van der Waals surface area contributed by atoms with Gasteiger partial charge >= 0.3 is 0 Å². The molecule has 0 radical (unpaired) electrons. The van der Waals surface area contributed by atoms with Crippen LogP contribution >= 0.6 is 12.4 Å². The van der Waals surface area contributed by atoms with Crippen molar-refractivity contribution in [2.45, 2.75) is 39.2 Å². The average molecular weight is 327 g/mol. The smallest absolute Gasteiger partial charge is 0.254 e. The van der Waals surface area contributed by atoms with Gasteiger partial charge in [0.1, 0.15) is 5.75 Å². The van der Waals surface area contributed by atoms with Crippen LogP contribution in [0, 0.1) is 6.92 Å². The molecule has 0 aliphatic carbocycles. The lowest BCUT2D eigenvalue weighted by Crippen LogP contribution is -2.46. The van der Waals surface area contributed by atoms with Gasteiger partial charge in [-0.1, -0.05) is 13.0 Å². The Balaban J connectivity index is 0.00000242. The third kappa shape index (κ3) is 4.37. The summed E-state index contributed by atoms with van der Waals surface area (Å²) in [6.45, 7) is 6.92. The van der Waals surface area contributed by atoms with Crippen molar-refractivity contribution in [2.75, 3.05) is 26.7 Å². The van der Waals surface area contributed by atoms with Gasteiger partial charge in [-0.3, -0.25) is 4.79 Å². The maximum absolute atomic E-state index is 12.9. The number of carbonyl (C=O) groups excluding carboxylic acids is 1. The molecule has 124 valence electrons. The van der Waals surface area contributed by atoms with Crippen molar-refractivity contribution in [2.24, 2.45) is 0 Å². The van der Waals surface area contributed by atoms with Gasteiger partial charge in [0.25, 0.3) is 5.91 Å². The molecule has 1 aliphatic heterocycles. The molecule has 1 N–H and O–H groups in total. The summed E-state index contributed by atoms with van der Waals surface area (Å²) < 4.78 is 5.34. The minimum atomic E-state index is 0. The van der Waals surface area contributed by atoms with Gasteiger partial charge in [-0.05, 0) is 57.0 Å². The zero-order valence-electron chi connectivity index (χ0n) is 13.7. The van der Waals surface area contributed by atoms with Crippen LogP contribution in [-0.4, -0.2) is 43.6 Å². The summed E-state index contributed by atoms with van der Waals surface area (Å²) in [6.07, 6.45) is 3.06.